The fraction of sp³-hybridized carbons (Fsp3) is 1.00. The first-order valence-corrected chi connectivity index (χ1v) is 5.77. The van der Waals surface area contributed by atoms with Crippen LogP contribution in [0.5, 0.6) is 0 Å². The molecule has 0 rings (SSSR count). The zero-order chi connectivity index (χ0) is 8.53. The lowest BCUT2D eigenvalue weighted by Gasteiger charge is -2.11. The van der Waals surface area contributed by atoms with Gasteiger partial charge in [-0.1, -0.05) is 13.8 Å². The third-order valence-corrected chi connectivity index (χ3v) is 2.89. The van der Waals surface area contributed by atoms with Gasteiger partial charge >= 0.3 is 0 Å². The molecule has 0 amide bonds. The van der Waals surface area contributed by atoms with Gasteiger partial charge in [0.15, 0.2) is 0 Å². The highest BCUT2D eigenvalue weighted by atomic mass is 32.2. The first-order valence-electron chi connectivity index (χ1n) is 4.62. The van der Waals surface area contributed by atoms with Gasteiger partial charge in [-0.15, -0.1) is 0 Å². The van der Waals surface area contributed by atoms with E-state index in [0.717, 1.165) is 6.54 Å². The normalized spacial score (nSPS) is 13.4. The van der Waals surface area contributed by atoms with E-state index in [-0.39, 0.29) is 0 Å². The highest BCUT2D eigenvalue weighted by Gasteiger charge is 1.98. The first kappa shape index (κ1) is 11.3. The highest BCUT2D eigenvalue weighted by Crippen LogP contribution is 2.03. The van der Waals surface area contributed by atoms with E-state index < -0.39 is 0 Å². The molecule has 1 nitrogen and oxygen atoms in total. The predicted molar refractivity (Wildman–Crippen MR) is 55.4 cm³/mol. The summed E-state index contributed by atoms with van der Waals surface area (Å²) in [5.41, 5.74) is 0. The van der Waals surface area contributed by atoms with Crippen molar-refractivity contribution in [3.63, 3.8) is 0 Å². The molecule has 0 aromatic heterocycles. The minimum atomic E-state index is 0.687. The lowest BCUT2D eigenvalue weighted by Crippen LogP contribution is -2.28. The van der Waals surface area contributed by atoms with E-state index in [1.54, 1.807) is 0 Å². The molecule has 0 saturated carbocycles. The average Bonchev–Trinajstić information content (AvgIpc) is 2.01. The molecule has 0 spiro atoms. The molecule has 0 heterocycles. The van der Waals surface area contributed by atoms with Gasteiger partial charge in [0, 0.05) is 11.8 Å². The van der Waals surface area contributed by atoms with Crippen LogP contribution in [-0.4, -0.2) is 24.1 Å². The van der Waals surface area contributed by atoms with Crippen molar-refractivity contribution < 1.29 is 0 Å². The molecule has 0 aromatic carbocycles. The maximum atomic E-state index is 3.47. The van der Waals surface area contributed by atoms with E-state index in [9.17, 15) is 0 Å². The van der Waals surface area contributed by atoms with Crippen LogP contribution in [0.1, 0.15) is 33.6 Å². The van der Waals surface area contributed by atoms with Gasteiger partial charge in [0.05, 0.1) is 0 Å². The molecule has 1 unspecified atom stereocenters. The SMILES string of the molecule is CCCNC(C)CSCCC. The van der Waals surface area contributed by atoms with E-state index in [1.807, 2.05) is 11.8 Å². The van der Waals surface area contributed by atoms with Gasteiger partial charge in [-0.3, -0.25) is 0 Å². The molecule has 0 aromatic rings. The molecule has 1 N–H and O–H groups in total. The van der Waals surface area contributed by atoms with Crippen molar-refractivity contribution in [1.82, 2.24) is 5.32 Å². The minimum Gasteiger partial charge on any atom is -0.313 e. The van der Waals surface area contributed by atoms with Crippen LogP contribution in [-0.2, 0) is 0 Å². The summed E-state index contributed by atoms with van der Waals surface area (Å²) in [6.07, 6.45) is 2.54. The predicted octanol–water partition coefficient (Wildman–Crippen LogP) is 2.52. The van der Waals surface area contributed by atoms with Crippen molar-refractivity contribution in [3.05, 3.63) is 0 Å². The van der Waals surface area contributed by atoms with E-state index >= 15 is 0 Å². The molecule has 0 fully saturated rings. The lowest BCUT2D eigenvalue weighted by atomic mass is 10.3. The van der Waals surface area contributed by atoms with Crippen LogP contribution in [0.2, 0.25) is 0 Å². The van der Waals surface area contributed by atoms with Crippen molar-refractivity contribution in [3.8, 4) is 0 Å². The Kier molecular flexibility index (Phi) is 8.64. The van der Waals surface area contributed by atoms with Crippen LogP contribution in [0, 0.1) is 0 Å². The number of thioether (sulfide) groups is 1. The molecule has 0 radical (unpaired) electrons. The van der Waals surface area contributed by atoms with Crippen molar-refractivity contribution >= 4 is 11.8 Å². The van der Waals surface area contributed by atoms with E-state index in [4.69, 9.17) is 0 Å². The Labute approximate surface area is 75.3 Å². The summed E-state index contributed by atoms with van der Waals surface area (Å²) in [4.78, 5) is 0. The van der Waals surface area contributed by atoms with Gasteiger partial charge in [0.1, 0.15) is 0 Å². The average molecular weight is 175 g/mol. The topological polar surface area (TPSA) is 12.0 Å². The summed E-state index contributed by atoms with van der Waals surface area (Å²) in [6.45, 7) is 7.86. The molecule has 2 heteroatoms. The minimum absolute atomic E-state index is 0.687. The molecule has 0 aliphatic carbocycles. The molecule has 0 saturated heterocycles. The number of hydrogen-bond acceptors (Lipinski definition) is 2. The Hall–Kier alpha value is 0.310. The summed E-state index contributed by atoms with van der Waals surface area (Å²) in [7, 11) is 0. The van der Waals surface area contributed by atoms with Gasteiger partial charge in [-0.2, -0.15) is 11.8 Å². The molecule has 0 bridgehead atoms. The Bertz CT molecular complexity index is 76.0. The van der Waals surface area contributed by atoms with Crippen molar-refractivity contribution in [2.75, 3.05) is 18.1 Å². The van der Waals surface area contributed by atoms with Crippen LogP contribution in [0.4, 0.5) is 0 Å². The molecule has 68 valence electrons. The summed E-state index contributed by atoms with van der Waals surface area (Å²) in [5.74, 6) is 2.56. The summed E-state index contributed by atoms with van der Waals surface area (Å²) >= 11 is 2.05. The summed E-state index contributed by atoms with van der Waals surface area (Å²) in [6, 6.07) is 0.687. The lowest BCUT2D eigenvalue weighted by molar-refractivity contribution is 0.590. The Morgan fingerprint density at radius 1 is 1.27 bits per heavy atom. The summed E-state index contributed by atoms with van der Waals surface area (Å²) in [5, 5.41) is 3.47. The van der Waals surface area contributed by atoms with Gasteiger partial charge in [-0.05, 0) is 32.1 Å². The second-order valence-corrected chi connectivity index (χ2v) is 4.08. The van der Waals surface area contributed by atoms with Gasteiger partial charge in [0.25, 0.3) is 0 Å². The van der Waals surface area contributed by atoms with Crippen molar-refractivity contribution in [1.29, 1.82) is 0 Å². The Balaban J connectivity index is 3.02. The van der Waals surface area contributed by atoms with Gasteiger partial charge < -0.3 is 5.32 Å². The van der Waals surface area contributed by atoms with Gasteiger partial charge in [-0.25, -0.2) is 0 Å². The second-order valence-electron chi connectivity index (χ2n) is 2.93. The van der Waals surface area contributed by atoms with Crippen molar-refractivity contribution in [2.24, 2.45) is 0 Å². The highest BCUT2D eigenvalue weighted by molar-refractivity contribution is 7.99. The van der Waals surface area contributed by atoms with E-state index in [1.165, 1.54) is 24.3 Å². The molecule has 0 aliphatic rings. The maximum absolute atomic E-state index is 3.47. The number of rotatable bonds is 7. The van der Waals surface area contributed by atoms with Crippen LogP contribution < -0.4 is 5.32 Å². The van der Waals surface area contributed by atoms with Crippen LogP contribution in [0.3, 0.4) is 0 Å². The van der Waals surface area contributed by atoms with E-state index in [2.05, 4.69) is 26.1 Å². The standard InChI is InChI=1S/C9H21NS/c1-4-6-10-9(3)8-11-7-5-2/h9-10H,4-8H2,1-3H3. The molecular formula is C9H21NS. The number of nitrogens with one attached hydrogen (secondary N) is 1. The first-order chi connectivity index (χ1) is 5.31. The smallest absolute Gasteiger partial charge is 0.0129 e. The fourth-order valence-corrected chi connectivity index (χ4v) is 1.78. The zero-order valence-electron chi connectivity index (χ0n) is 8.02. The van der Waals surface area contributed by atoms with Crippen LogP contribution in [0.25, 0.3) is 0 Å². The van der Waals surface area contributed by atoms with Crippen LogP contribution in [0.15, 0.2) is 0 Å². The van der Waals surface area contributed by atoms with Crippen LogP contribution >= 0.6 is 11.8 Å². The maximum Gasteiger partial charge on any atom is 0.0129 e. The van der Waals surface area contributed by atoms with Gasteiger partial charge in [0.2, 0.25) is 0 Å². The largest absolute Gasteiger partial charge is 0.313 e. The molecule has 1 atom stereocenters. The quantitative estimate of drug-likeness (QED) is 0.597. The summed E-state index contributed by atoms with van der Waals surface area (Å²) < 4.78 is 0. The second kappa shape index (κ2) is 8.41. The molecular weight excluding hydrogens is 154 g/mol. The molecule has 11 heavy (non-hydrogen) atoms. The Morgan fingerprint density at radius 3 is 2.55 bits per heavy atom. The monoisotopic (exact) mass is 175 g/mol. The number of hydrogen-bond donors (Lipinski definition) is 1. The Morgan fingerprint density at radius 2 is 2.00 bits per heavy atom. The zero-order valence-corrected chi connectivity index (χ0v) is 8.84. The van der Waals surface area contributed by atoms with E-state index in [0.29, 0.717) is 6.04 Å². The third kappa shape index (κ3) is 8.21. The fourth-order valence-electron chi connectivity index (χ4n) is 0.854. The molecule has 0 aliphatic heterocycles. The third-order valence-electron chi connectivity index (χ3n) is 1.46. The van der Waals surface area contributed by atoms with Crippen molar-refractivity contribution in [2.45, 2.75) is 39.7 Å².